The van der Waals surface area contributed by atoms with Crippen LogP contribution in [0.2, 0.25) is 0 Å². The highest BCUT2D eigenvalue weighted by Crippen LogP contribution is 2.48. The van der Waals surface area contributed by atoms with Crippen LogP contribution >= 0.6 is 31.1 Å². The molecule has 17 heteroatoms. The maximum atomic E-state index is 15.1. The van der Waals surface area contributed by atoms with Crippen LogP contribution in [0, 0.1) is 11.2 Å². The number of esters is 1. The number of alkyl halides is 2. The molecule has 5 atom stereocenters. The lowest BCUT2D eigenvalue weighted by molar-refractivity contribution is -0.149. The summed E-state index contributed by atoms with van der Waals surface area (Å²) in [5.41, 5.74) is -3.07. The van der Waals surface area contributed by atoms with Crippen molar-refractivity contribution in [2.24, 2.45) is 5.41 Å². The normalized spacial score (nSPS) is 23.9. The van der Waals surface area contributed by atoms with E-state index in [2.05, 4.69) is 5.09 Å². The first-order valence-corrected chi connectivity index (χ1v) is 14.8. The van der Waals surface area contributed by atoms with E-state index >= 15 is 4.39 Å². The number of hydrogen-bond acceptors (Lipinski definition) is 10. The molecule has 0 amide bonds. The van der Waals surface area contributed by atoms with Gasteiger partial charge in [0.25, 0.3) is 5.56 Å². The van der Waals surface area contributed by atoms with Crippen molar-refractivity contribution in [3.63, 3.8) is 0 Å². The highest BCUT2D eigenvalue weighted by molar-refractivity contribution is 8.13. The van der Waals surface area contributed by atoms with Crippen LogP contribution in [0.15, 0.2) is 15.8 Å². The minimum Gasteiger partial charge on any atom is -0.462 e. The zero-order valence-electron chi connectivity index (χ0n) is 22.3. The summed E-state index contributed by atoms with van der Waals surface area (Å²) in [5.74, 6) is -1.99. The first kappa shape index (κ1) is 33.6. The summed E-state index contributed by atoms with van der Waals surface area (Å²) in [5, 5.41) is -0.401. The molecule has 0 aliphatic carbocycles. The maximum absolute atomic E-state index is 15.1. The van der Waals surface area contributed by atoms with Gasteiger partial charge in [0.15, 0.2) is 11.3 Å². The van der Waals surface area contributed by atoms with Crippen LogP contribution in [-0.4, -0.2) is 63.0 Å². The van der Waals surface area contributed by atoms with Gasteiger partial charge in [0.2, 0.25) is 10.9 Å². The van der Waals surface area contributed by atoms with E-state index in [0.717, 1.165) is 11.8 Å². The van der Waals surface area contributed by atoms with Crippen molar-refractivity contribution in [1.82, 2.24) is 14.6 Å². The van der Waals surface area contributed by atoms with Crippen molar-refractivity contribution in [3.8, 4) is 0 Å². The SMILES string of the molecule is CC(C)OC(=O)[C@H](C)N[P@](=O)(OCCSC(=O)C(C)(C)C)OC[C@@H]1C[C@@](F)(Cl)[C@H](n2cc(F)c(=O)[nH]c2=O)O1. The van der Waals surface area contributed by atoms with Crippen molar-refractivity contribution in [3.05, 3.63) is 32.9 Å². The van der Waals surface area contributed by atoms with E-state index in [-0.39, 0.29) is 17.5 Å². The van der Waals surface area contributed by atoms with Crippen LogP contribution in [0.4, 0.5) is 8.78 Å². The fraction of sp³-hybridized carbons (Fsp3) is 0.727. The third-order valence-corrected chi connectivity index (χ3v) is 8.34. The quantitative estimate of drug-likeness (QED) is 0.153. The summed E-state index contributed by atoms with van der Waals surface area (Å²) in [7, 11) is -4.28. The minimum absolute atomic E-state index is 0.119. The molecule has 0 spiro atoms. The van der Waals surface area contributed by atoms with Crippen molar-refractivity contribution >= 4 is 42.2 Å². The van der Waals surface area contributed by atoms with E-state index in [1.165, 1.54) is 6.92 Å². The van der Waals surface area contributed by atoms with Crippen LogP contribution in [0.3, 0.4) is 0 Å². The van der Waals surface area contributed by atoms with E-state index in [0.29, 0.717) is 10.8 Å². The number of aromatic amines is 1. The van der Waals surface area contributed by atoms with E-state index in [1.54, 1.807) is 39.6 Å². The van der Waals surface area contributed by atoms with Gasteiger partial charge in [-0.1, -0.05) is 44.1 Å². The highest BCUT2D eigenvalue weighted by atomic mass is 35.5. The average Bonchev–Trinajstić information content (AvgIpc) is 3.10. The lowest BCUT2D eigenvalue weighted by Gasteiger charge is -2.24. The fourth-order valence-electron chi connectivity index (χ4n) is 3.16. The molecule has 0 bridgehead atoms. The molecule has 1 aliphatic rings. The van der Waals surface area contributed by atoms with Crippen LogP contribution in [-0.2, 0) is 32.7 Å². The van der Waals surface area contributed by atoms with Gasteiger partial charge in [-0.2, -0.15) is 4.39 Å². The van der Waals surface area contributed by atoms with Gasteiger partial charge in [-0.15, -0.1) is 0 Å². The zero-order valence-corrected chi connectivity index (χ0v) is 24.8. The van der Waals surface area contributed by atoms with Gasteiger partial charge in [0, 0.05) is 17.6 Å². The number of nitrogens with one attached hydrogen (secondary N) is 2. The minimum atomic E-state index is -4.28. The second kappa shape index (κ2) is 13.4. The van der Waals surface area contributed by atoms with Gasteiger partial charge >= 0.3 is 19.4 Å². The highest BCUT2D eigenvalue weighted by Gasteiger charge is 2.50. The summed E-state index contributed by atoms with van der Waals surface area (Å²) in [6.45, 7) is 9.05. The van der Waals surface area contributed by atoms with Crippen LogP contribution < -0.4 is 16.3 Å². The van der Waals surface area contributed by atoms with Crippen LogP contribution in [0.5, 0.6) is 0 Å². The lowest BCUT2D eigenvalue weighted by Crippen LogP contribution is -2.38. The Morgan fingerprint density at radius 3 is 2.56 bits per heavy atom. The Kier molecular flexibility index (Phi) is 11.5. The molecule has 2 rings (SSSR count). The molecule has 12 nitrogen and oxygen atoms in total. The summed E-state index contributed by atoms with van der Waals surface area (Å²) in [6.07, 6.45) is -3.62. The zero-order chi connectivity index (χ0) is 29.8. The molecule has 1 aliphatic heterocycles. The molecule has 0 aromatic carbocycles. The van der Waals surface area contributed by atoms with Gasteiger partial charge in [-0.25, -0.2) is 18.8 Å². The van der Waals surface area contributed by atoms with Crippen molar-refractivity contribution < 1.29 is 41.5 Å². The first-order chi connectivity index (χ1) is 17.8. The standard InChI is InChI=1S/C22H33ClF2N3O9PS/c1-12(2)36-17(30)13(3)27-38(33,34-7-8-39-19(31)21(4,5)6)35-11-14-9-22(23,25)18(37-14)28-10-15(24)16(29)26-20(28)32/h10,12-14,18H,7-9,11H2,1-6H3,(H,27,33)(H,26,29,32)/t13-,14-,18+,22-,38-/m0/s1. The van der Waals surface area contributed by atoms with E-state index < -0.39 is 78.8 Å². The molecule has 0 unspecified atom stereocenters. The smallest absolute Gasteiger partial charge is 0.406 e. The second-order valence-electron chi connectivity index (χ2n) is 10.1. The Morgan fingerprint density at radius 1 is 1.33 bits per heavy atom. The number of carbonyl (C=O) groups is 2. The molecule has 0 radical (unpaired) electrons. The Morgan fingerprint density at radius 2 is 1.97 bits per heavy atom. The monoisotopic (exact) mass is 619 g/mol. The predicted molar refractivity (Wildman–Crippen MR) is 140 cm³/mol. The van der Waals surface area contributed by atoms with Crippen molar-refractivity contribution in [1.29, 1.82) is 0 Å². The van der Waals surface area contributed by atoms with Crippen LogP contribution in [0.25, 0.3) is 0 Å². The molecule has 39 heavy (non-hydrogen) atoms. The Hall–Kier alpha value is -1.61. The van der Waals surface area contributed by atoms with Gasteiger partial charge in [-0.05, 0) is 20.8 Å². The van der Waals surface area contributed by atoms with E-state index in [4.69, 9.17) is 30.1 Å². The van der Waals surface area contributed by atoms with E-state index in [1.807, 2.05) is 0 Å². The fourth-order valence-corrected chi connectivity index (χ4v) is 5.90. The molecular weight excluding hydrogens is 587 g/mol. The summed E-state index contributed by atoms with van der Waals surface area (Å²) in [4.78, 5) is 49.4. The molecular formula is C22H33ClF2N3O9PS. The number of nitrogens with zero attached hydrogens (tertiary/aromatic N) is 1. The van der Waals surface area contributed by atoms with Crippen molar-refractivity contribution in [2.75, 3.05) is 19.0 Å². The second-order valence-corrected chi connectivity index (χ2v) is 13.5. The Labute approximate surface area is 233 Å². The van der Waals surface area contributed by atoms with Gasteiger partial charge in [0.05, 0.1) is 31.6 Å². The summed E-state index contributed by atoms with van der Waals surface area (Å²) < 4.78 is 64.1. The average molecular weight is 620 g/mol. The molecule has 2 N–H and O–H groups in total. The Bertz CT molecular complexity index is 1200. The molecule has 0 saturated carbocycles. The maximum Gasteiger partial charge on any atom is 0.406 e. The number of hydrogen-bond donors (Lipinski definition) is 2. The van der Waals surface area contributed by atoms with Gasteiger partial charge in [0.1, 0.15) is 6.04 Å². The summed E-state index contributed by atoms with van der Waals surface area (Å²) in [6, 6.07) is -1.14. The van der Waals surface area contributed by atoms with E-state index in [9.17, 15) is 28.1 Å². The molecule has 1 saturated heterocycles. The third-order valence-electron chi connectivity index (χ3n) is 5.04. The topological polar surface area (TPSA) is 155 Å². The number of H-pyrrole nitrogens is 1. The van der Waals surface area contributed by atoms with Gasteiger partial charge < -0.3 is 9.47 Å². The summed E-state index contributed by atoms with van der Waals surface area (Å²) >= 11 is 6.85. The lowest BCUT2D eigenvalue weighted by atomic mass is 10.00. The Balaban J connectivity index is 2.13. The molecule has 1 aromatic rings. The van der Waals surface area contributed by atoms with Gasteiger partial charge in [-0.3, -0.25) is 33.0 Å². The molecule has 2 heterocycles. The predicted octanol–water partition coefficient (Wildman–Crippen LogP) is 3.24. The number of halogens is 3. The first-order valence-electron chi connectivity index (χ1n) is 11.9. The molecule has 1 fully saturated rings. The third kappa shape index (κ3) is 9.76. The number of thioether (sulfide) groups is 1. The number of aromatic nitrogens is 2. The van der Waals surface area contributed by atoms with Crippen molar-refractivity contribution in [2.45, 2.75) is 77.6 Å². The van der Waals surface area contributed by atoms with Crippen LogP contribution in [0.1, 0.15) is 54.2 Å². The largest absolute Gasteiger partial charge is 0.462 e. The molecule has 1 aromatic heterocycles. The number of carbonyl (C=O) groups excluding carboxylic acids is 2. The molecule has 222 valence electrons. The number of ether oxygens (including phenoxy) is 2. The number of rotatable bonds is 12.